The predicted molar refractivity (Wildman–Crippen MR) is 137 cm³/mol. The Morgan fingerprint density at radius 1 is 1.27 bits per heavy atom. The first kappa shape index (κ1) is 29.1. The van der Waals surface area contributed by atoms with Gasteiger partial charge in [0.05, 0.1) is 18.7 Å². The molecule has 1 aromatic rings. The lowest BCUT2D eigenvalue weighted by Gasteiger charge is -2.18. The van der Waals surface area contributed by atoms with Gasteiger partial charge >= 0.3 is 11.9 Å². The van der Waals surface area contributed by atoms with Gasteiger partial charge in [-0.3, -0.25) is 9.59 Å². The molecule has 10 nitrogen and oxygen atoms in total. The second-order valence-electron chi connectivity index (χ2n) is 8.16. The number of aliphatic hydroxyl groups excluding tert-OH is 1. The summed E-state index contributed by atoms with van der Waals surface area (Å²) >= 11 is 0. The quantitative estimate of drug-likeness (QED) is 0.174. The number of allylic oxidation sites excluding steroid dienone is 2. The number of aromatic hydroxyl groups is 1. The van der Waals surface area contributed by atoms with E-state index in [1.54, 1.807) is 38.1 Å². The maximum Gasteiger partial charge on any atom is 0.342 e. The van der Waals surface area contributed by atoms with Crippen molar-refractivity contribution >= 4 is 24.1 Å². The molecule has 1 aliphatic heterocycles. The van der Waals surface area contributed by atoms with Crippen molar-refractivity contribution in [2.75, 3.05) is 7.11 Å². The molecule has 1 amide bonds. The second kappa shape index (κ2) is 15.0. The normalized spacial score (nSPS) is 23.9. The summed E-state index contributed by atoms with van der Waals surface area (Å²) in [4.78, 5) is 41.9. The average molecular weight is 513 g/mol. The van der Waals surface area contributed by atoms with E-state index in [0.717, 1.165) is 0 Å². The van der Waals surface area contributed by atoms with Crippen LogP contribution in [0.4, 0.5) is 0 Å². The van der Waals surface area contributed by atoms with Crippen LogP contribution in [0.25, 0.3) is 0 Å². The Hall–Kier alpha value is -4.18. The summed E-state index contributed by atoms with van der Waals surface area (Å²) in [5, 5.41) is 26.7. The van der Waals surface area contributed by atoms with E-state index in [0.29, 0.717) is 11.1 Å². The largest absolute Gasteiger partial charge is 0.507 e. The number of amides is 1. The van der Waals surface area contributed by atoms with Gasteiger partial charge in [0.1, 0.15) is 30.6 Å². The lowest BCUT2D eigenvalue weighted by Crippen LogP contribution is -2.25. The zero-order valence-electron chi connectivity index (χ0n) is 21.0. The molecule has 0 saturated carbocycles. The number of aliphatic hydroxyl groups is 1. The van der Waals surface area contributed by atoms with Crippen molar-refractivity contribution in [1.29, 1.82) is 0 Å². The summed E-state index contributed by atoms with van der Waals surface area (Å²) in [5.74, 6) is -2.12. The van der Waals surface area contributed by atoms with E-state index < -0.39 is 36.2 Å². The van der Waals surface area contributed by atoms with Gasteiger partial charge in [0.15, 0.2) is 0 Å². The first-order valence-electron chi connectivity index (χ1n) is 11.6. The van der Waals surface area contributed by atoms with E-state index in [2.05, 4.69) is 15.3 Å². The van der Waals surface area contributed by atoms with E-state index >= 15 is 0 Å². The van der Waals surface area contributed by atoms with Crippen LogP contribution in [0.3, 0.4) is 0 Å². The van der Waals surface area contributed by atoms with Crippen molar-refractivity contribution in [3.8, 4) is 5.75 Å². The Labute approximate surface area is 215 Å². The summed E-state index contributed by atoms with van der Waals surface area (Å²) in [6.45, 7) is 3.38. The maximum absolute atomic E-state index is 13.1. The van der Waals surface area contributed by atoms with Gasteiger partial charge in [0.2, 0.25) is 5.91 Å². The molecule has 0 fully saturated rings. The van der Waals surface area contributed by atoms with E-state index in [4.69, 9.17) is 9.47 Å². The van der Waals surface area contributed by atoms with Crippen LogP contribution in [-0.2, 0) is 30.3 Å². The maximum atomic E-state index is 13.1. The molecule has 0 bridgehead atoms. The van der Waals surface area contributed by atoms with Crippen molar-refractivity contribution in [2.24, 2.45) is 5.16 Å². The molecule has 3 atom stereocenters. The van der Waals surface area contributed by atoms with E-state index in [1.807, 2.05) is 0 Å². The molecule has 198 valence electrons. The number of phenols is 1. The SMILES string of the molecule is CO/N=C/C=C\C(=O)N/C=C/C[C@@H]1CC(=O)O[C@@H](C)/C=C/[C@@H](O)/C(C)=C\Cc2cccc(O)c2C(=O)O1. The number of esters is 2. The number of fused-ring (bicyclic) bond motifs is 1. The Morgan fingerprint density at radius 2 is 2.05 bits per heavy atom. The van der Waals surface area contributed by atoms with Crippen LogP contribution in [0, 0.1) is 0 Å². The summed E-state index contributed by atoms with van der Waals surface area (Å²) in [5.41, 5.74) is 1.09. The Balaban J connectivity index is 2.25. The molecule has 0 aliphatic carbocycles. The van der Waals surface area contributed by atoms with Gasteiger partial charge in [0.25, 0.3) is 0 Å². The molecule has 0 aromatic heterocycles. The first-order chi connectivity index (χ1) is 17.7. The number of carbonyl (C=O) groups is 3. The third-order valence-corrected chi connectivity index (χ3v) is 5.24. The molecule has 0 spiro atoms. The molecule has 2 rings (SSSR count). The van der Waals surface area contributed by atoms with Gasteiger partial charge in [-0.25, -0.2) is 4.79 Å². The fourth-order valence-electron chi connectivity index (χ4n) is 3.30. The number of carbonyl (C=O) groups excluding carboxylic acids is 3. The highest BCUT2D eigenvalue weighted by atomic mass is 16.6. The number of nitrogens with zero attached hydrogens (tertiary/aromatic N) is 1. The van der Waals surface area contributed by atoms with Gasteiger partial charge in [-0.05, 0) is 49.6 Å². The third-order valence-electron chi connectivity index (χ3n) is 5.24. The van der Waals surface area contributed by atoms with Crippen LogP contribution in [0.1, 0.15) is 42.6 Å². The van der Waals surface area contributed by atoms with Crippen LogP contribution < -0.4 is 5.32 Å². The number of rotatable bonds is 6. The van der Waals surface area contributed by atoms with Crippen molar-refractivity contribution in [3.05, 3.63) is 77.6 Å². The van der Waals surface area contributed by atoms with Crippen molar-refractivity contribution in [1.82, 2.24) is 5.32 Å². The van der Waals surface area contributed by atoms with Gasteiger partial charge in [0, 0.05) is 18.7 Å². The molecule has 1 aromatic carbocycles. The molecule has 10 heteroatoms. The number of nitrogens with one attached hydrogen (secondary N) is 1. The van der Waals surface area contributed by atoms with E-state index in [9.17, 15) is 24.6 Å². The monoisotopic (exact) mass is 512 g/mol. The van der Waals surface area contributed by atoms with Crippen LogP contribution in [-0.4, -0.2) is 59.7 Å². The molecule has 3 N–H and O–H groups in total. The number of oxime groups is 1. The van der Waals surface area contributed by atoms with Gasteiger partial charge < -0.3 is 29.8 Å². The third kappa shape index (κ3) is 10.1. The Bertz CT molecular complexity index is 1100. The van der Waals surface area contributed by atoms with Crippen molar-refractivity contribution in [3.63, 3.8) is 0 Å². The van der Waals surface area contributed by atoms with E-state index in [1.165, 1.54) is 49.9 Å². The highest BCUT2D eigenvalue weighted by Gasteiger charge is 2.24. The van der Waals surface area contributed by atoms with Crippen LogP contribution in [0.15, 0.2) is 71.6 Å². The van der Waals surface area contributed by atoms with Gasteiger partial charge in [-0.1, -0.05) is 35.5 Å². The van der Waals surface area contributed by atoms with Gasteiger partial charge in [-0.2, -0.15) is 0 Å². The zero-order chi connectivity index (χ0) is 27.2. The molecular formula is C27H32N2O8. The fraction of sp³-hybridized carbons (Fsp3) is 0.333. The highest BCUT2D eigenvalue weighted by Crippen LogP contribution is 2.25. The molecule has 0 unspecified atom stereocenters. The second-order valence-corrected chi connectivity index (χ2v) is 8.16. The van der Waals surface area contributed by atoms with Crippen molar-refractivity contribution < 1.29 is 38.9 Å². The summed E-state index contributed by atoms with van der Waals surface area (Å²) in [7, 11) is 1.38. The van der Waals surface area contributed by atoms with Gasteiger partial charge in [-0.15, -0.1) is 0 Å². The van der Waals surface area contributed by atoms with Crippen LogP contribution in [0.5, 0.6) is 5.75 Å². The molecule has 0 saturated heterocycles. The Morgan fingerprint density at radius 3 is 2.81 bits per heavy atom. The summed E-state index contributed by atoms with van der Waals surface area (Å²) in [6.07, 6.45) is 9.26. The minimum Gasteiger partial charge on any atom is -0.507 e. The summed E-state index contributed by atoms with van der Waals surface area (Å²) < 4.78 is 10.9. The molecule has 1 heterocycles. The zero-order valence-corrected chi connectivity index (χ0v) is 21.0. The summed E-state index contributed by atoms with van der Waals surface area (Å²) in [6, 6.07) is 4.65. The van der Waals surface area contributed by atoms with Crippen molar-refractivity contribution in [2.45, 2.75) is 51.4 Å². The first-order valence-corrected chi connectivity index (χ1v) is 11.6. The molecule has 0 radical (unpaired) electrons. The molecule has 1 aliphatic rings. The van der Waals surface area contributed by atoms with E-state index in [-0.39, 0.29) is 30.6 Å². The molecule has 37 heavy (non-hydrogen) atoms. The number of ether oxygens (including phenoxy) is 2. The topological polar surface area (TPSA) is 144 Å². The Kier molecular flexibility index (Phi) is 11.8. The minimum absolute atomic E-state index is 0.0293. The lowest BCUT2D eigenvalue weighted by atomic mass is 10.0. The lowest BCUT2D eigenvalue weighted by molar-refractivity contribution is -0.148. The number of benzene rings is 1. The van der Waals surface area contributed by atoms with Crippen LogP contribution in [0.2, 0.25) is 0 Å². The van der Waals surface area contributed by atoms with Crippen LogP contribution >= 0.6 is 0 Å². The standard InChI is InChI=1S/C27H32N2O8/c1-18-11-13-20-7-4-9-23(31)26(20)27(34)37-21(17-25(33)36-19(2)12-14-22(18)30)8-5-15-28-24(32)10-6-16-29-35-3/h4-7,9-12,14-16,19,21-22,30-31H,8,13,17H2,1-3H3,(H,28,32)/b10-6-,14-12+,15-5+,18-11-,29-16+/t19-,21+,22+/m0/s1. The average Bonchev–Trinajstić information content (AvgIpc) is 2.85. The number of cyclic esters (lactones) is 2. The number of hydrogen-bond acceptors (Lipinski definition) is 9. The highest BCUT2D eigenvalue weighted by molar-refractivity contribution is 5.94. The smallest absolute Gasteiger partial charge is 0.342 e. The fourth-order valence-corrected chi connectivity index (χ4v) is 3.30. The number of phenolic OH excluding ortho intramolecular Hbond substituents is 1. The minimum atomic E-state index is -0.936. The number of hydrogen-bond donors (Lipinski definition) is 3. The molecular weight excluding hydrogens is 480 g/mol. The predicted octanol–water partition coefficient (Wildman–Crippen LogP) is 2.87.